The van der Waals surface area contributed by atoms with Gasteiger partial charge < -0.3 is 33.0 Å². The summed E-state index contributed by atoms with van der Waals surface area (Å²) in [5.74, 6) is -5.83. The van der Waals surface area contributed by atoms with Crippen molar-refractivity contribution in [1.29, 1.82) is 0 Å². The molecule has 12 rings (SSSR count). The van der Waals surface area contributed by atoms with Crippen LogP contribution in [0.3, 0.4) is 0 Å². The summed E-state index contributed by atoms with van der Waals surface area (Å²) < 4.78 is 121. The number of hydrogen-bond acceptors (Lipinski definition) is 18. The van der Waals surface area contributed by atoms with Crippen molar-refractivity contribution in [1.82, 2.24) is 57.3 Å². The van der Waals surface area contributed by atoms with Crippen molar-refractivity contribution < 1.29 is 83.5 Å². The molecule has 0 fully saturated rings. The highest BCUT2D eigenvalue weighted by molar-refractivity contribution is 9.10. The quantitative estimate of drug-likeness (QED) is 0.0327. The Hall–Kier alpha value is -11.2. The normalized spacial score (nSPS) is 12.3. The lowest BCUT2D eigenvalue weighted by molar-refractivity contribution is 0.0351. The number of halogens is 11. The van der Waals surface area contributed by atoms with Crippen molar-refractivity contribution in [3.8, 4) is 0 Å². The minimum Gasteiger partial charge on any atom is -0.464 e. The van der Waals surface area contributed by atoms with E-state index in [9.17, 15) is 55.1 Å². The molecule has 6 atom stereocenters. The summed E-state index contributed by atoms with van der Waals surface area (Å²) >= 11 is 24.0. The Morgan fingerprint density at radius 3 is 0.992 bits per heavy atom. The maximum atomic E-state index is 14.1. The minimum absolute atomic E-state index is 0.0673. The van der Waals surface area contributed by atoms with Crippen LogP contribution in [0.1, 0.15) is 229 Å². The van der Waals surface area contributed by atoms with Gasteiger partial charge in [0.1, 0.15) is 10.3 Å². The molecular weight excluding hydrogens is 1770 g/mol. The number of carbonyl (C=O) groups excluding carboxylic acids is 6. The van der Waals surface area contributed by atoms with E-state index in [0.29, 0.717) is 0 Å². The Labute approximate surface area is 727 Å². The van der Waals surface area contributed by atoms with E-state index in [2.05, 4.69) is 66.5 Å². The number of esters is 6. The Bertz CT molecular complexity index is 5190. The van der Waals surface area contributed by atoms with Gasteiger partial charge in [0.25, 0.3) is 24.3 Å². The number of carbonyl (C=O) groups is 6. The zero-order chi connectivity index (χ0) is 89.2. The summed E-state index contributed by atoms with van der Waals surface area (Å²) in [5, 5.41) is -0.466. The summed E-state index contributed by atoms with van der Waals surface area (Å²) in [5.41, 5.74) is 4.88. The fourth-order valence-electron chi connectivity index (χ4n) is 12.0. The fourth-order valence-corrected chi connectivity index (χ4v) is 13.9. The van der Waals surface area contributed by atoms with Gasteiger partial charge in [0, 0.05) is 0 Å². The van der Waals surface area contributed by atoms with Gasteiger partial charge in [-0.1, -0.05) is 205 Å². The lowest BCUT2D eigenvalue weighted by Crippen LogP contribution is -2.20. The third-order valence-corrected chi connectivity index (χ3v) is 19.7. The summed E-state index contributed by atoms with van der Waals surface area (Å²) in [4.78, 5) is 93.2. The van der Waals surface area contributed by atoms with Crippen LogP contribution < -0.4 is 0 Å². The minimum atomic E-state index is -0.920. The molecule has 0 aliphatic carbocycles. The van der Waals surface area contributed by atoms with Crippen LogP contribution in [0.25, 0.3) is 0 Å². The first-order valence-electron chi connectivity index (χ1n) is 37.7. The number of imidazole rings is 6. The van der Waals surface area contributed by atoms with Crippen molar-refractivity contribution in [2.45, 2.75) is 151 Å². The topological polar surface area (TPSA) is 265 Å². The van der Waals surface area contributed by atoms with Gasteiger partial charge in [-0.3, -0.25) is 22.8 Å². The Balaban J connectivity index is 0.000000200. The molecule has 24 nitrogen and oxygen atoms in total. The van der Waals surface area contributed by atoms with Crippen molar-refractivity contribution in [3.63, 3.8) is 0 Å². The molecule has 0 aliphatic heterocycles. The number of benzene rings is 6. The van der Waals surface area contributed by atoms with Crippen LogP contribution in [-0.2, 0) is 28.4 Å². The van der Waals surface area contributed by atoms with E-state index in [1.54, 1.807) is 76.2 Å². The summed E-state index contributed by atoms with van der Waals surface area (Å²) in [6.07, 6.45) is -2.72. The van der Waals surface area contributed by atoms with Crippen molar-refractivity contribution >= 4 is 102 Å². The van der Waals surface area contributed by atoms with Crippen molar-refractivity contribution in [2.24, 2.45) is 0 Å². The molecule has 0 spiro atoms. The van der Waals surface area contributed by atoms with E-state index < -0.39 is 84.1 Å². The standard InChI is InChI=1S/C15H16BrFN2O2.C15H16ClFN2O2.C15H17FN2O2.2C14H14ClFN2O2.C13H12BrFN2O2/c2*1-9(2)21-14(20)12-13(16)18-15(17)19(12)10(3)11-7-5-4-6-8-11;1-10(2)20-14(19)13-9-17-15(16)18(13)11(3)12-7-5-4-6-8-12;1-3-20-13(19)11-12(16)17-14(15)18(11)9(2)10-7-5-4-6-8-10;1-3-20-13(19)11-12(15)17-14(16)18(11)9(2)10-7-5-4-6-8-10;1-8(9-6-4-3-5-7-9)17-10(12(18)19-2)11(15)16-13(17)14/h2*4-10H,1-3H3;4-11H,1-3H3;2*4-9H,3H2,1-2H3;3-8H,1-2H3/t2*10-;11-;2*9-;8-/m111111/s1. The van der Waals surface area contributed by atoms with Gasteiger partial charge in [-0.05, 0) is 174 Å². The van der Waals surface area contributed by atoms with E-state index in [-0.39, 0.29) is 115 Å². The van der Waals surface area contributed by atoms with E-state index in [1.807, 2.05) is 203 Å². The molecule has 0 N–H and O–H groups in total. The third kappa shape index (κ3) is 25.2. The van der Waals surface area contributed by atoms with Crippen molar-refractivity contribution in [3.05, 3.63) is 317 Å². The largest absolute Gasteiger partial charge is 0.464 e. The predicted molar refractivity (Wildman–Crippen MR) is 450 cm³/mol. The van der Waals surface area contributed by atoms with Gasteiger partial charge in [-0.2, -0.15) is 51.3 Å². The molecule has 0 saturated heterocycles. The molecule has 0 saturated carbocycles. The van der Waals surface area contributed by atoms with E-state index in [1.165, 1.54) is 31.6 Å². The van der Waals surface area contributed by atoms with Crippen LogP contribution in [0.5, 0.6) is 0 Å². The van der Waals surface area contributed by atoms with Crippen LogP contribution >= 0.6 is 66.7 Å². The van der Waals surface area contributed by atoms with Gasteiger partial charge >= 0.3 is 35.8 Å². The molecule has 642 valence electrons. The first-order chi connectivity index (χ1) is 57.5. The Kier molecular flexibility index (Phi) is 36.9. The molecule has 0 aliphatic rings. The number of nitrogens with zero attached hydrogens (tertiary/aromatic N) is 12. The van der Waals surface area contributed by atoms with Crippen LogP contribution in [-0.4, -0.2) is 132 Å². The third-order valence-electron chi connectivity index (χ3n) is 17.8. The van der Waals surface area contributed by atoms with Crippen LogP contribution in [0.15, 0.2) is 198 Å². The van der Waals surface area contributed by atoms with E-state index in [0.717, 1.165) is 42.5 Å². The molecule has 6 aromatic carbocycles. The van der Waals surface area contributed by atoms with E-state index >= 15 is 0 Å². The van der Waals surface area contributed by atoms with Gasteiger partial charge in [-0.15, -0.1) is 0 Å². The average molecular weight is 1860 g/mol. The van der Waals surface area contributed by atoms with E-state index in [4.69, 9.17) is 58.5 Å². The number of aromatic nitrogens is 12. The molecule has 12 aromatic rings. The maximum absolute atomic E-state index is 14.1. The lowest BCUT2D eigenvalue weighted by atomic mass is 10.1. The molecule has 6 heterocycles. The highest BCUT2D eigenvalue weighted by Gasteiger charge is 2.33. The van der Waals surface area contributed by atoms with Crippen LogP contribution in [0.2, 0.25) is 15.6 Å². The van der Waals surface area contributed by atoms with Gasteiger partial charge in [-0.25, -0.2) is 33.8 Å². The lowest BCUT2D eigenvalue weighted by Gasteiger charge is -2.17. The summed E-state index contributed by atoms with van der Waals surface area (Å²) in [7, 11) is 1.21. The highest BCUT2D eigenvalue weighted by atomic mass is 79.9. The highest BCUT2D eigenvalue weighted by Crippen LogP contribution is 2.34. The second-order valence-electron chi connectivity index (χ2n) is 27.0. The Morgan fingerprint density at radius 2 is 0.636 bits per heavy atom. The smallest absolute Gasteiger partial charge is 0.359 e. The molecule has 0 amide bonds. The van der Waals surface area contributed by atoms with Gasteiger partial charge in [0.05, 0.1) is 81.1 Å². The first-order valence-corrected chi connectivity index (χ1v) is 40.5. The predicted octanol–water partition coefficient (Wildman–Crippen LogP) is 21.1. The zero-order valence-electron chi connectivity index (χ0n) is 68.4. The van der Waals surface area contributed by atoms with Gasteiger partial charge in [0.2, 0.25) is 17.2 Å². The maximum Gasteiger partial charge on any atom is 0.359 e. The van der Waals surface area contributed by atoms with Crippen LogP contribution in [0, 0.1) is 36.2 Å². The summed E-state index contributed by atoms with van der Waals surface area (Å²) in [6, 6.07) is 53.8. The number of ether oxygens (including phenoxy) is 6. The summed E-state index contributed by atoms with van der Waals surface area (Å²) in [6.45, 7) is 24.9. The molecular formula is C86H89Br2Cl3F6N12O12. The second-order valence-corrected chi connectivity index (χ2v) is 29.6. The average Bonchev–Trinajstić information content (AvgIpc) is 1.68. The molecule has 121 heavy (non-hydrogen) atoms. The number of methoxy groups -OCH3 is 1. The Morgan fingerprint density at radius 1 is 0.347 bits per heavy atom. The fraction of sp³-hybridized carbons (Fsp3) is 0.302. The van der Waals surface area contributed by atoms with Crippen LogP contribution in [0.4, 0.5) is 26.3 Å². The molecule has 0 radical (unpaired) electrons. The SMILES string of the molecule is CC(C)OC(=O)c1c(Br)nc(F)n1[C@H](C)c1ccccc1.CC(C)OC(=O)c1c(Cl)nc(F)n1[C@H](C)c1ccccc1.CC(C)OC(=O)c1cnc(F)n1[C@H](C)c1ccccc1.CCOC(=O)c1c(Cl)nc(F)n1[C@H](C)c1ccccc1.CCOC(=O)c1c(F)nc(Cl)n1[C@H](C)c1ccccc1.COC(=O)c1c(F)nc(Br)n1[C@H](C)c1ccccc1. The number of rotatable bonds is 23. The molecule has 0 unspecified atom stereocenters. The monoisotopic (exact) mass is 1860 g/mol. The molecule has 35 heteroatoms. The van der Waals surface area contributed by atoms with Gasteiger partial charge in [0.15, 0.2) is 43.5 Å². The number of hydrogen-bond donors (Lipinski definition) is 0. The second kappa shape index (κ2) is 46.0. The van der Waals surface area contributed by atoms with Crippen molar-refractivity contribution in [2.75, 3.05) is 20.3 Å². The molecule has 6 aromatic heterocycles. The zero-order valence-corrected chi connectivity index (χ0v) is 73.9. The molecule has 0 bridgehead atoms. The first kappa shape index (κ1) is 96.9.